The first-order valence-corrected chi connectivity index (χ1v) is 3.01. The molecule has 0 amide bonds. The summed E-state index contributed by atoms with van der Waals surface area (Å²) < 4.78 is 6.69. The molecule has 0 aliphatic carbocycles. The van der Waals surface area contributed by atoms with Gasteiger partial charge in [0.1, 0.15) is 0 Å². The molecule has 53 valence electrons. The zero-order valence-electron chi connectivity index (χ0n) is 5.86. The van der Waals surface area contributed by atoms with E-state index >= 15 is 0 Å². The molecular formula is C7H10LaOS. The van der Waals surface area contributed by atoms with Gasteiger partial charge in [0.25, 0.3) is 0 Å². The molecule has 1 rings (SSSR count). The van der Waals surface area contributed by atoms with Crippen molar-refractivity contribution >= 4 is 12.9 Å². The summed E-state index contributed by atoms with van der Waals surface area (Å²) in [6.07, 6.45) is 0. The maximum Gasteiger partial charge on any atom is 0 e. The molecular weight excluding hydrogens is 271 g/mol. The van der Waals surface area contributed by atoms with Crippen LogP contribution in [0.1, 0.15) is 5.56 Å². The van der Waals surface area contributed by atoms with E-state index in [0.29, 0.717) is 0 Å². The minimum absolute atomic E-state index is 0. The molecule has 0 aliphatic heterocycles. The summed E-state index contributed by atoms with van der Waals surface area (Å²) in [6.45, 7) is 2.08. The minimum atomic E-state index is 0. The molecule has 1 N–H and O–H groups in total. The van der Waals surface area contributed by atoms with Crippen molar-refractivity contribution in [2.24, 2.45) is 0 Å². The van der Waals surface area contributed by atoms with Gasteiger partial charge < -0.3 is 4.55 Å². The molecule has 3 heteroatoms. The van der Waals surface area contributed by atoms with E-state index < -0.39 is 0 Å². The summed E-state index contributed by atoms with van der Waals surface area (Å²) in [4.78, 5) is 0. The Labute approximate surface area is 95.1 Å². The Morgan fingerprint density at radius 1 is 1.10 bits per heavy atom. The normalized spacial score (nSPS) is 6.70. The largest absolute Gasteiger partial charge is 0.333 e. The van der Waals surface area contributed by atoms with Crippen LogP contribution in [0.25, 0.3) is 0 Å². The van der Waals surface area contributed by atoms with Gasteiger partial charge in [0.05, 0.1) is 0 Å². The van der Waals surface area contributed by atoms with Gasteiger partial charge in [0.15, 0.2) is 0 Å². The van der Waals surface area contributed by atoms with Crippen LogP contribution in [0.5, 0.6) is 0 Å². The summed E-state index contributed by atoms with van der Waals surface area (Å²) in [7, 11) is 0. The van der Waals surface area contributed by atoms with Crippen molar-refractivity contribution in [1.82, 2.24) is 0 Å². The maximum absolute atomic E-state index is 6.69. The Hall–Kier alpha value is 0.725. The van der Waals surface area contributed by atoms with Crippen molar-refractivity contribution < 1.29 is 40.2 Å². The zero-order chi connectivity index (χ0) is 7.11. The fraction of sp³-hybridized carbons (Fsp3) is 0.143. The third-order valence-corrected chi connectivity index (χ3v) is 0.940. The monoisotopic (exact) mass is 281 g/mol. The Kier molecular flexibility index (Phi) is 13.0. The van der Waals surface area contributed by atoms with Gasteiger partial charge in [0, 0.05) is 35.6 Å². The predicted octanol–water partition coefficient (Wildman–Crippen LogP) is 2.38. The van der Waals surface area contributed by atoms with Crippen LogP contribution < -0.4 is 0 Å². The predicted molar refractivity (Wildman–Crippen MR) is 42.8 cm³/mol. The molecule has 0 saturated heterocycles. The Morgan fingerprint density at radius 3 is 1.70 bits per heavy atom. The number of thiol groups is 1. The Morgan fingerprint density at radius 2 is 1.50 bits per heavy atom. The van der Waals surface area contributed by atoms with E-state index in [1.54, 1.807) is 0 Å². The van der Waals surface area contributed by atoms with Crippen LogP contribution in [0.15, 0.2) is 30.3 Å². The average Bonchev–Trinajstić information content (AvgIpc) is 1.94. The molecule has 1 nitrogen and oxygen atoms in total. The van der Waals surface area contributed by atoms with E-state index in [2.05, 4.69) is 32.0 Å². The van der Waals surface area contributed by atoms with Crippen molar-refractivity contribution in [2.45, 2.75) is 6.92 Å². The molecule has 1 radical (unpaired) electrons. The molecule has 0 fully saturated rings. The molecule has 0 aliphatic rings. The summed E-state index contributed by atoms with van der Waals surface area (Å²) in [5.74, 6) is 0. The molecule has 1 aromatic rings. The molecule has 0 spiro atoms. The van der Waals surface area contributed by atoms with Crippen LogP contribution in [0.2, 0.25) is 0 Å². The van der Waals surface area contributed by atoms with E-state index in [1.165, 1.54) is 5.56 Å². The van der Waals surface area contributed by atoms with Gasteiger partial charge in [-0.2, -0.15) is 0 Å². The molecule has 10 heavy (non-hydrogen) atoms. The molecule has 1 aromatic carbocycles. The number of rotatable bonds is 0. The number of hydrogen-bond acceptors (Lipinski definition) is 2. The third-order valence-electron chi connectivity index (χ3n) is 0.940. The van der Waals surface area contributed by atoms with Crippen LogP contribution in [-0.2, 0) is 0 Å². The van der Waals surface area contributed by atoms with E-state index in [0.717, 1.165) is 0 Å². The first-order valence-electron chi connectivity index (χ1n) is 2.61. The second kappa shape index (κ2) is 9.72. The topological polar surface area (TPSA) is 20.2 Å². The summed E-state index contributed by atoms with van der Waals surface area (Å²) in [5, 5.41) is 0. The van der Waals surface area contributed by atoms with Crippen LogP contribution in [0.3, 0.4) is 0 Å². The Balaban J connectivity index is 0. The summed E-state index contributed by atoms with van der Waals surface area (Å²) in [6, 6.07) is 10.3. The quantitative estimate of drug-likeness (QED) is 0.552. The van der Waals surface area contributed by atoms with Gasteiger partial charge in [-0.25, -0.2) is 0 Å². The van der Waals surface area contributed by atoms with E-state index in [1.807, 2.05) is 18.2 Å². The fourth-order valence-electron chi connectivity index (χ4n) is 0.534. The van der Waals surface area contributed by atoms with Gasteiger partial charge in [-0.05, 0) is 19.8 Å². The van der Waals surface area contributed by atoms with Gasteiger partial charge >= 0.3 is 0 Å². The molecule has 0 heterocycles. The standard InChI is InChI=1S/C7H8.La.H2OS/c1-7-5-3-2-4-6-7;;1-2/h2-6H,1H3;;1-2H. The molecule has 0 atom stereocenters. The second-order valence-corrected chi connectivity index (χ2v) is 1.65. The number of benzene rings is 1. The van der Waals surface area contributed by atoms with Gasteiger partial charge in [0.2, 0.25) is 0 Å². The number of hydrogen-bond donors (Lipinski definition) is 2. The smallest absolute Gasteiger partial charge is 0 e. The van der Waals surface area contributed by atoms with E-state index in [4.69, 9.17) is 4.55 Å². The second-order valence-electron chi connectivity index (χ2n) is 1.65. The van der Waals surface area contributed by atoms with Crippen LogP contribution in [0, 0.1) is 42.5 Å². The van der Waals surface area contributed by atoms with Crippen molar-refractivity contribution in [1.29, 1.82) is 0 Å². The summed E-state index contributed by atoms with van der Waals surface area (Å²) in [5.41, 5.74) is 1.32. The summed E-state index contributed by atoms with van der Waals surface area (Å²) >= 11 is 2.53. The SMILES string of the molecule is Cc1ccccc1.OS.[La]. The van der Waals surface area contributed by atoms with Crippen LogP contribution in [0.4, 0.5) is 0 Å². The van der Waals surface area contributed by atoms with Crippen LogP contribution in [-0.4, -0.2) is 4.55 Å². The Bertz CT molecular complexity index is 144. The zero-order valence-corrected chi connectivity index (χ0v) is 10.4. The van der Waals surface area contributed by atoms with Crippen molar-refractivity contribution in [3.8, 4) is 0 Å². The first kappa shape index (κ1) is 13.3. The third kappa shape index (κ3) is 6.84. The van der Waals surface area contributed by atoms with Crippen molar-refractivity contribution in [2.75, 3.05) is 0 Å². The van der Waals surface area contributed by atoms with Gasteiger partial charge in [-0.1, -0.05) is 35.9 Å². The first-order chi connectivity index (χ1) is 4.39. The van der Waals surface area contributed by atoms with Gasteiger partial charge in [-0.3, -0.25) is 0 Å². The fourth-order valence-corrected chi connectivity index (χ4v) is 0.534. The average molecular weight is 281 g/mol. The molecule has 0 unspecified atom stereocenters. The maximum atomic E-state index is 6.69. The van der Waals surface area contributed by atoms with Crippen molar-refractivity contribution in [3.05, 3.63) is 35.9 Å². The van der Waals surface area contributed by atoms with E-state index in [-0.39, 0.29) is 35.6 Å². The number of aryl methyl sites for hydroxylation is 1. The minimum Gasteiger partial charge on any atom is -0.333 e. The van der Waals surface area contributed by atoms with Crippen LogP contribution >= 0.6 is 12.9 Å². The van der Waals surface area contributed by atoms with Crippen molar-refractivity contribution in [3.63, 3.8) is 0 Å². The van der Waals surface area contributed by atoms with Gasteiger partial charge in [-0.15, -0.1) is 0 Å². The molecule has 0 bridgehead atoms. The molecule has 0 aromatic heterocycles. The van der Waals surface area contributed by atoms with E-state index in [9.17, 15) is 0 Å². The molecule has 0 saturated carbocycles.